The lowest BCUT2D eigenvalue weighted by Crippen LogP contribution is -2.06. The number of tetrazole rings is 1. The first-order valence-corrected chi connectivity index (χ1v) is 4.98. The number of hydrogen-bond donors (Lipinski definition) is 1. The molecule has 17 heavy (non-hydrogen) atoms. The van der Waals surface area contributed by atoms with Gasteiger partial charge in [0, 0.05) is 6.20 Å². The van der Waals surface area contributed by atoms with Gasteiger partial charge in [0.05, 0.1) is 12.2 Å². The molecule has 0 radical (unpaired) electrons. The van der Waals surface area contributed by atoms with E-state index in [0.29, 0.717) is 18.0 Å². The van der Waals surface area contributed by atoms with Gasteiger partial charge in [-0.25, -0.2) is 0 Å². The Morgan fingerprint density at radius 2 is 2.18 bits per heavy atom. The molecule has 0 unspecified atom stereocenters. The fraction of sp³-hybridized carbons (Fsp3) is 0.111. The minimum atomic E-state index is 0.550. The smallest absolute Gasteiger partial charge is 0.200 e. The molecule has 8 heteroatoms. The van der Waals surface area contributed by atoms with Crippen molar-refractivity contribution >= 4 is 11.5 Å². The van der Waals surface area contributed by atoms with E-state index in [1.165, 1.54) is 4.63 Å². The van der Waals surface area contributed by atoms with Crippen LogP contribution in [0.3, 0.4) is 0 Å². The number of anilines is 1. The predicted molar refractivity (Wildman–Crippen MR) is 57.9 cm³/mol. The highest BCUT2D eigenvalue weighted by Crippen LogP contribution is 2.04. The maximum atomic E-state index is 4.17. The highest BCUT2D eigenvalue weighted by molar-refractivity contribution is 5.42. The molecule has 0 aliphatic heterocycles. The van der Waals surface area contributed by atoms with Crippen molar-refractivity contribution in [3.05, 3.63) is 36.2 Å². The maximum Gasteiger partial charge on any atom is 0.200 e. The van der Waals surface area contributed by atoms with Crippen LogP contribution in [-0.4, -0.2) is 35.5 Å². The van der Waals surface area contributed by atoms with Gasteiger partial charge in [-0.2, -0.15) is 10.2 Å². The minimum Gasteiger partial charge on any atom is -0.363 e. The van der Waals surface area contributed by atoms with Crippen LogP contribution in [0.15, 0.2) is 30.5 Å². The molecule has 0 aliphatic rings. The second kappa shape index (κ2) is 4.08. The summed E-state index contributed by atoms with van der Waals surface area (Å²) in [6.07, 6.45) is 1.63. The fourth-order valence-corrected chi connectivity index (χ4v) is 1.35. The van der Waals surface area contributed by atoms with Crippen LogP contribution in [0.2, 0.25) is 0 Å². The van der Waals surface area contributed by atoms with Gasteiger partial charge >= 0.3 is 0 Å². The monoisotopic (exact) mass is 228 g/mol. The van der Waals surface area contributed by atoms with Crippen molar-refractivity contribution in [3.63, 3.8) is 0 Å². The summed E-state index contributed by atoms with van der Waals surface area (Å²) >= 11 is 0. The van der Waals surface area contributed by atoms with E-state index in [0.717, 1.165) is 5.69 Å². The molecule has 1 N–H and O–H groups in total. The van der Waals surface area contributed by atoms with Gasteiger partial charge in [-0.1, -0.05) is 0 Å². The van der Waals surface area contributed by atoms with Crippen molar-refractivity contribution in [3.8, 4) is 0 Å². The molecule has 0 saturated carbocycles. The van der Waals surface area contributed by atoms with Crippen molar-refractivity contribution in [2.45, 2.75) is 6.54 Å². The van der Waals surface area contributed by atoms with Crippen LogP contribution < -0.4 is 5.32 Å². The topological polar surface area (TPSA) is 93.8 Å². The molecule has 0 amide bonds. The quantitative estimate of drug-likeness (QED) is 0.670. The van der Waals surface area contributed by atoms with Crippen LogP contribution in [0.4, 0.5) is 5.82 Å². The standard InChI is InChI=1S/C9H8N8/c1-2-7(12-11-5-1)6-10-8-3-4-9-13-15-16-17(9)14-8/h1-5H,6H2,(H,10,14). The largest absolute Gasteiger partial charge is 0.363 e. The molecule has 0 aliphatic carbocycles. The summed E-state index contributed by atoms with van der Waals surface area (Å²) < 4.78 is 1.36. The number of aromatic nitrogens is 7. The predicted octanol–water partition coefficient (Wildman–Crippen LogP) is -0.0786. The third-order valence-electron chi connectivity index (χ3n) is 2.15. The normalized spacial score (nSPS) is 10.6. The maximum absolute atomic E-state index is 4.17. The van der Waals surface area contributed by atoms with Gasteiger partial charge in [0.25, 0.3) is 0 Å². The van der Waals surface area contributed by atoms with Gasteiger partial charge in [0.2, 0.25) is 0 Å². The summed E-state index contributed by atoms with van der Waals surface area (Å²) in [5, 5.41) is 26.0. The molecule has 0 bridgehead atoms. The second-order valence-corrected chi connectivity index (χ2v) is 3.31. The molecule has 3 rings (SSSR count). The number of nitrogens with zero attached hydrogens (tertiary/aromatic N) is 7. The summed E-state index contributed by atoms with van der Waals surface area (Å²) in [7, 11) is 0. The first-order valence-electron chi connectivity index (χ1n) is 4.98. The third-order valence-corrected chi connectivity index (χ3v) is 2.15. The lowest BCUT2D eigenvalue weighted by Gasteiger charge is -2.03. The zero-order valence-corrected chi connectivity index (χ0v) is 8.72. The van der Waals surface area contributed by atoms with Crippen LogP contribution in [-0.2, 0) is 6.54 Å². The molecule has 3 aromatic heterocycles. The first kappa shape index (κ1) is 9.58. The lowest BCUT2D eigenvalue weighted by molar-refractivity contribution is 0.733. The lowest BCUT2D eigenvalue weighted by atomic mass is 10.4. The minimum absolute atomic E-state index is 0.550. The average molecular weight is 228 g/mol. The van der Waals surface area contributed by atoms with E-state index < -0.39 is 0 Å². The number of rotatable bonds is 3. The summed E-state index contributed by atoms with van der Waals surface area (Å²) in [6, 6.07) is 7.31. The molecule has 0 saturated heterocycles. The SMILES string of the molecule is c1cnnc(CNc2ccc3nnnn3n2)c1. The highest BCUT2D eigenvalue weighted by atomic mass is 15.6. The van der Waals surface area contributed by atoms with E-state index in [-0.39, 0.29) is 0 Å². The van der Waals surface area contributed by atoms with Gasteiger partial charge in [0.15, 0.2) is 5.65 Å². The summed E-state index contributed by atoms with van der Waals surface area (Å²) in [4.78, 5) is 0. The van der Waals surface area contributed by atoms with Gasteiger partial charge in [-0.05, 0) is 34.7 Å². The Morgan fingerprint density at radius 1 is 1.18 bits per heavy atom. The van der Waals surface area contributed by atoms with E-state index in [1.54, 1.807) is 12.3 Å². The van der Waals surface area contributed by atoms with E-state index in [2.05, 4.69) is 36.1 Å². The molecule has 0 fully saturated rings. The van der Waals surface area contributed by atoms with E-state index in [4.69, 9.17) is 0 Å². The van der Waals surface area contributed by atoms with E-state index in [9.17, 15) is 0 Å². The van der Waals surface area contributed by atoms with Crippen LogP contribution in [0.25, 0.3) is 5.65 Å². The molecule has 0 aromatic carbocycles. The Morgan fingerprint density at radius 3 is 3.06 bits per heavy atom. The van der Waals surface area contributed by atoms with Crippen molar-refractivity contribution in [1.29, 1.82) is 0 Å². The molecular formula is C9H8N8. The van der Waals surface area contributed by atoms with Crippen molar-refractivity contribution in [2.24, 2.45) is 0 Å². The number of hydrogen-bond acceptors (Lipinski definition) is 7. The Balaban J connectivity index is 1.76. The zero-order valence-electron chi connectivity index (χ0n) is 8.72. The zero-order chi connectivity index (χ0) is 11.5. The Bertz CT molecular complexity index is 619. The summed E-state index contributed by atoms with van der Waals surface area (Å²) in [6.45, 7) is 0.550. The van der Waals surface area contributed by atoms with Gasteiger partial charge in [0.1, 0.15) is 5.82 Å². The summed E-state index contributed by atoms with van der Waals surface area (Å²) in [5.41, 5.74) is 1.45. The molecule has 84 valence electrons. The van der Waals surface area contributed by atoms with Gasteiger partial charge < -0.3 is 5.32 Å². The second-order valence-electron chi connectivity index (χ2n) is 3.31. The summed E-state index contributed by atoms with van der Waals surface area (Å²) in [5.74, 6) is 0.676. The molecule has 8 nitrogen and oxygen atoms in total. The Kier molecular flexibility index (Phi) is 2.30. The van der Waals surface area contributed by atoms with Crippen molar-refractivity contribution in [2.75, 3.05) is 5.32 Å². The molecule has 0 atom stereocenters. The van der Waals surface area contributed by atoms with Crippen molar-refractivity contribution in [1.82, 2.24) is 35.5 Å². The number of nitrogens with one attached hydrogen (secondary N) is 1. The van der Waals surface area contributed by atoms with Crippen LogP contribution in [0, 0.1) is 0 Å². The molecule has 0 spiro atoms. The molecular weight excluding hydrogens is 220 g/mol. The van der Waals surface area contributed by atoms with E-state index in [1.807, 2.05) is 18.2 Å². The van der Waals surface area contributed by atoms with Crippen molar-refractivity contribution < 1.29 is 0 Å². The molecule has 3 heterocycles. The fourth-order valence-electron chi connectivity index (χ4n) is 1.35. The van der Waals surface area contributed by atoms with Gasteiger partial charge in [-0.3, -0.25) is 0 Å². The van der Waals surface area contributed by atoms with Crippen LogP contribution in [0.5, 0.6) is 0 Å². The third kappa shape index (κ3) is 2.00. The first-order chi connectivity index (χ1) is 8.42. The molecule has 3 aromatic rings. The average Bonchev–Trinajstić information content (AvgIpc) is 2.85. The number of fused-ring (bicyclic) bond motifs is 1. The van der Waals surface area contributed by atoms with Crippen LogP contribution >= 0.6 is 0 Å². The van der Waals surface area contributed by atoms with Gasteiger partial charge in [-0.15, -0.1) is 14.8 Å². The Labute approximate surface area is 95.7 Å². The van der Waals surface area contributed by atoms with Crippen LogP contribution in [0.1, 0.15) is 5.69 Å². The Hall–Kier alpha value is -2.64. The van der Waals surface area contributed by atoms with E-state index >= 15 is 0 Å². The highest BCUT2D eigenvalue weighted by Gasteiger charge is 2.00.